The maximum Gasteiger partial charge on any atom is 0.122 e. The molecule has 0 aromatic heterocycles. The van der Waals surface area contributed by atoms with E-state index in [0.717, 1.165) is 17.7 Å². The number of ether oxygens (including phenoxy) is 1. The third kappa shape index (κ3) is 2.05. The molecule has 1 aliphatic rings. The summed E-state index contributed by atoms with van der Waals surface area (Å²) >= 11 is 0. The minimum atomic E-state index is -0.340. The number of benzene rings is 1. The highest BCUT2D eigenvalue weighted by Crippen LogP contribution is 2.36. The SMILES string of the molecule is C=CCC(O)C1CCOc2ccccc21. The van der Waals surface area contributed by atoms with Crippen LogP contribution in [0, 0.1) is 0 Å². The molecule has 0 radical (unpaired) electrons. The predicted octanol–water partition coefficient (Wildman–Crippen LogP) is 2.49. The standard InChI is InChI=1S/C13H16O2/c1-2-5-12(14)10-8-9-15-13-7-4-3-6-11(10)13/h2-4,6-7,10,12,14H,1,5,8-9H2. The molecule has 15 heavy (non-hydrogen) atoms. The van der Waals surface area contributed by atoms with Gasteiger partial charge < -0.3 is 9.84 Å². The van der Waals surface area contributed by atoms with E-state index in [1.54, 1.807) is 6.08 Å². The molecule has 1 aromatic carbocycles. The lowest BCUT2D eigenvalue weighted by Crippen LogP contribution is -2.24. The van der Waals surface area contributed by atoms with Crippen molar-refractivity contribution in [2.24, 2.45) is 0 Å². The van der Waals surface area contributed by atoms with Crippen LogP contribution in [0.25, 0.3) is 0 Å². The zero-order valence-corrected chi connectivity index (χ0v) is 8.73. The minimum Gasteiger partial charge on any atom is -0.493 e. The molecule has 0 saturated heterocycles. The van der Waals surface area contributed by atoms with Gasteiger partial charge in [-0.1, -0.05) is 24.3 Å². The van der Waals surface area contributed by atoms with Gasteiger partial charge >= 0.3 is 0 Å². The fraction of sp³-hybridized carbons (Fsp3) is 0.385. The van der Waals surface area contributed by atoms with Crippen molar-refractivity contribution in [3.63, 3.8) is 0 Å². The summed E-state index contributed by atoms with van der Waals surface area (Å²) in [7, 11) is 0. The largest absolute Gasteiger partial charge is 0.493 e. The molecule has 2 heteroatoms. The molecule has 1 aromatic rings. The number of aliphatic hydroxyl groups excluding tert-OH is 1. The first-order valence-electron chi connectivity index (χ1n) is 5.33. The van der Waals surface area contributed by atoms with E-state index in [0.29, 0.717) is 13.0 Å². The van der Waals surface area contributed by atoms with E-state index in [2.05, 4.69) is 6.58 Å². The lowest BCUT2D eigenvalue weighted by molar-refractivity contribution is 0.119. The van der Waals surface area contributed by atoms with Crippen LogP contribution in [-0.4, -0.2) is 17.8 Å². The molecule has 0 aliphatic carbocycles. The summed E-state index contributed by atoms with van der Waals surface area (Å²) in [5.74, 6) is 1.10. The number of hydrogen-bond acceptors (Lipinski definition) is 2. The second-order valence-electron chi connectivity index (χ2n) is 3.87. The second kappa shape index (κ2) is 4.49. The summed E-state index contributed by atoms with van der Waals surface area (Å²) in [6, 6.07) is 7.94. The zero-order valence-electron chi connectivity index (χ0n) is 8.73. The molecule has 0 spiro atoms. The fourth-order valence-electron chi connectivity index (χ4n) is 2.10. The Kier molecular flexibility index (Phi) is 3.07. The Morgan fingerprint density at radius 3 is 3.13 bits per heavy atom. The Bertz CT molecular complexity index is 346. The van der Waals surface area contributed by atoms with Gasteiger partial charge in [-0.3, -0.25) is 0 Å². The second-order valence-corrected chi connectivity index (χ2v) is 3.87. The van der Waals surface area contributed by atoms with Crippen LogP contribution < -0.4 is 4.74 Å². The van der Waals surface area contributed by atoms with Crippen molar-refractivity contribution in [2.45, 2.75) is 24.9 Å². The Morgan fingerprint density at radius 1 is 1.53 bits per heavy atom. The van der Waals surface area contributed by atoms with Crippen LogP contribution >= 0.6 is 0 Å². The first-order valence-corrected chi connectivity index (χ1v) is 5.33. The third-order valence-corrected chi connectivity index (χ3v) is 2.88. The van der Waals surface area contributed by atoms with E-state index in [1.807, 2.05) is 24.3 Å². The number of hydrogen-bond donors (Lipinski definition) is 1. The van der Waals surface area contributed by atoms with Gasteiger partial charge in [-0.05, 0) is 24.5 Å². The molecule has 1 aliphatic heterocycles. The van der Waals surface area contributed by atoms with Crippen LogP contribution in [0.15, 0.2) is 36.9 Å². The van der Waals surface area contributed by atoms with E-state index in [1.165, 1.54) is 0 Å². The Labute approximate surface area is 90.2 Å². The molecule has 1 N–H and O–H groups in total. The van der Waals surface area contributed by atoms with Crippen molar-refractivity contribution in [3.8, 4) is 5.75 Å². The smallest absolute Gasteiger partial charge is 0.122 e. The fourth-order valence-corrected chi connectivity index (χ4v) is 2.10. The average Bonchev–Trinajstić information content (AvgIpc) is 2.28. The van der Waals surface area contributed by atoms with E-state index in [4.69, 9.17) is 4.74 Å². The van der Waals surface area contributed by atoms with Gasteiger partial charge in [-0.25, -0.2) is 0 Å². The minimum absolute atomic E-state index is 0.188. The van der Waals surface area contributed by atoms with E-state index in [-0.39, 0.29) is 12.0 Å². The summed E-state index contributed by atoms with van der Waals surface area (Å²) in [5.41, 5.74) is 1.12. The van der Waals surface area contributed by atoms with Crippen LogP contribution in [0.3, 0.4) is 0 Å². The normalized spacial score (nSPS) is 21.3. The predicted molar refractivity (Wildman–Crippen MR) is 60.1 cm³/mol. The Balaban J connectivity index is 2.25. The van der Waals surface area contributed by atoms with Crippen molar-refractivity contribution in [1.82, 2.24) is 0 Å². The van der Waals surface area contributed by atoms with Crippen LogP contribution in [-0.2, 0) is 0 Å². The molecule has 80 valence electrons. The summed E-state index contributed by atoms with van der Waals surface area (Å²) in [6.07, 6.45) is 2.95. The molecule has 2 rings (SSSR count). The maximum atomic E-state index is 9.99. The number of rotatable bonds is 3. The number of para-hydroxylation sites is 1. The van der Waals surface area contributed by atoms with Crippen LogP contribution in [0.2, 0.25) is 0 Å². The molecule has 1 heterocycles. The van der Waals surface area contributed by atoms with Crippen LogP contribution in [0.5, 0.6) is 5.75 Å². The quantitative estimate of drug-likeness (QED) is 0.766. The monoisotopic (exact) mass is 204 g/mol. The summed E-state index contributed by atoms with van der Waals surface area (Å²) in [6.45, 7) is 4.35. The van der Waals surface area contributed by atoms with Gasteiger partial charge in [0.05, 0.1) is 12.7 Å². The summed E-state index contributed by atoms with van der Waals surface area (Å²) in [5, 5.41) is 9.99. The van der Waals surface area contributed by atoms with Crippen LogP contribution in [0.4, 0.5) is 0 Å². The summed E-state index contributed by atoms with van der Waals surface area (Å²) in [4.78, 5) is 0. The topological polar surface area (TPSA) is 29.5 Å². The highest BCUT2D eigenvalue weighted by atomic mass is 16.5. The molecule has 2 unspecified atom stereocenters. The van der Waals surface area contributed by atoms with Crippen LogP contribution in [0.1, 0.15) is 24.3 Å². The van der Waals surface area contributed by atoms with Gasteiger partial charge in [-0.15, -0.1) is 6.58 Å². The third-order valence-electron chi connectivity index (χ3n) is 2.88. The van der Waals surface area contributed by atoms with E-state index in [9.17, 15) is 5.11 Å². The first-order chi connectivity index (χ1) is 7.33. The maximum absolute atomic E-state index is 9.99. The average molecular weight is 204 g/mol. The van der Waals surface area contributed by atoms with Crippen molar-refractivity contribution < 1.29 is 9.84 Å². The molecular formula is C13H16O2. The van der Waals surface area contributed by atoms with E-state index >= 15 is 0 Å². The number of aliphatic hydroxyl groups is 1. The Morgan fingerprint density at radius 2 is 2.33 bits per heavy atom. The first kappa shape index (κ1) is 10.2. The molecular weight excluding hydrogens is 188 g/mol. The molecule has 0 fully saturated rings. The molecule has 0 amide bonds. The van der Waals surface area contributed by atoms with Gasteiger partial charge in [0.2, 0.25) is 0 Å². The lowest BCUT2D eigenvalue weighted by atomic mass is 9.87. The molecule has 2 atom stereocenters. The van der Waals surface area contributed by atoms with E-state index < -0.39 is 0 Å². The summed E-state index contributed by atoms with van der Waals surface area (Å²) < 4.78 is 5.55. The Hall–Kier alpha value is -1.28. The van der Waals surface area contributed by atoms with Gasteiger partial charge in [-0.2, -0.15) is 0 Å². The van der Waals surface area contributed by atoms with Gasteiger partial charge in [0, 0.05) is 5.92 Å². The highest BCUT2D eigenvalue weighted by molar-refractivity contribution is 5.38. The zero-order chi connectivity index (χ0) is 10.7. The van der Waals surface area contributed by atoms with Gasteiger partial charge in [0.1, 0.15) is 5.75 Å². The number of fused-ring (bicyclic) bond motifs is 1. The van der Waals surface area contributed by atoms with Crippen molar-refractivity contribution in [1.29, 1.82) is 0 Å². The lowest BCUT2D eigenvalue weighted by Gasteiger charge is -2.29. The van der Waals surface area contributed by atoms with Gasteiger partial charge in [0.15, 0.2) is 0 Å². The van der Waals surface area contributed by atoms with Gasteiger partial charge in [0.25, 0.3) is 0 Å². The van der Waals surface area contributed by atoms with Crippen molar-refractivity contribution in [2.75, 3.05) is 6.61 Å². The molecule has 0 saturated carbocycles. The molecule has 2 nitrogen and oxygen atoms in total. The molecule has 0 bridgehead atoms. The van der Waals surface area contributed by atoms with Crippen molar-refractivity contribution >= 4 is 0 Å². The highest BCUT2D eigenvalue weighted by Gasteiger charge is 2.26. The van der Waals surface area contributed by atoms with Crippen molar-refractivity contribution in [3.05, 3.63) is 42.5 Å².